The van der Waals surface area contributed by atoms with Gasteiger partial charge in [-0.1, -0.05) is 43.7 Å². The Morgan fingerprint density at radius 2 is 2.16 bits per heavy atom. The Morgan fingerprint density at radius 3 is 2.88 bits per heavy atom. The van der Waals surface area contributed by atoms with E-state index in [0.717, 1.165) is 48.6 Å². The first-order chi connectivity index (χ1) is 12.1. The smallest absolute Gasteiger partial charge is 0.179 e. The molecule has 0 spiro atoms. The van der Waals surface area contributed by atoms with E-state index in [4.69, 9.17) is 16.3 Å². The van der Waals surface area contributed by atoms with Crippen LogP contribution in [0.25, 0.3) is 6.08 Å². The van der Waals surface area contributed by atoms with Crippen molar-refractivity contribution in [2.24, 2.45) is 0 Å². The molecule has 4 nitrogen and oxygen atoms in total. The van der Waals surface area contributed by atoms with Crippen molar-refractivity contribution in [1.29, 1.82) is 0 Å². The fourth-order valence-corrected chi connectivity index (χ4v) is 2.73. The third-order valence-corrected chi connectivity index (χ3v) is 4.19. The molecule has 0 bridgehead atoms. The molecule has 0 saturated heterocycles. The van der Waals surface area contributed by atoms with Crippen molar-refractivity contribution in [3.8, 4) is 5.75 Å². The molecule has 2 rings (SSSR count). The molecule has 0 saturated carbocycles. The number of anilines is 1. The standard InChI is InChI=1S/C20H26ClN3O/c1-4-6-11-22-20-18(14-23-19(5-2)24-20)25-12-7-8-16-10-9-15(3)13-17(16)21/h5,9-10,13-14H,2,4,6-8,11-12H2,1,3H3,(H,22,23,24). The molecule has 25 heavy (non-hydrogen) atoms. The van der Waals surface area contributed by atoms with Crippen LogP contribution in [0.5, 0.6) is 5.75 Å². The molecular formula is C20H26ClN3O. The molecule has 0 fully saturated rings. The quantitative estimate of drug-likeness (QED) is 0.584. The highest BCUT2D eigenvalue weighted by Crippen LogP contribution is 2.23. The second-order valence-electron chi connectivity index (χ2n) is 5.97. The molecule has 0 unspecified atom stereocenters. The Kier molecular flexibility index (Phi) is 7.74. The normalized spacial score (nSPS) is 10.5. The van der Waals surface area contributed by atoms with Crippen LogP contribution < -0.4 is 10.1 Å². The van der Waals surface area contributed by atoms with Gasteiger partial charge in [-0.25, -0.2) is 9.97 Å². The lowest BCUT2D eigenvalue weighted by Crippen LogP contribution is -2.09. The van der Waals surface area contributed by atoms with E-state index in [2.05, 4.69) is 40.9 Å². The summed E-state index contributed by atoms with van der Waals surface area (Å²) in [7, 11) is 0. The van der Waals surface area contributed by atoms with E-state index in [1.165, 1.54) is 5.56 Å². The Morgan fingerprint density at radius 1 is 1.32 bits per heavy atom. The molecule has 1 heterocycles. The minimum atomic E-state index is 0.587. The molecule has 0 aliphatic carbocycles. The summed E-state index contributed by atoms with van der Waals surface area (Å²) in [4.78, 5) is 8.67. The summed E-state index contributed by atoms with van der Waals surface area (Å²) in [5.41, 5.74) is 2.32. The summed E-state index contributed by atoms with van der Waals surface area (Å²) in [5.74, 6) is 2.00. The van der Waals surface area contributed by atoms with Crippen molar-refractivity contribution in [3.63, 3.8) is 0 Å². The number of aryl methyl sites for hydroxylation is 2. The van der Waals surface area contributed by atoms with Crippen LogP contribution in [0.3, 0.4) is 0 Å². The number of unbranched alkanes of at least 4 members (excludes halogenated alkanes) is 1. The third kappa shape index (κ3) is 6.05. The molecule has 1 aromatic carbocycles. The number of nitrogens with zero attached hydrogens (tertiary/aromatic N) is 2. The first-order valence-corrected chi connectivity index (χ1v) is 9.13. The van der Waals surface area contributed by atoms with Gasteiger partial charge in [0.2, 0.25) is 0 Å². The van der Waals surface area contributed by atoms with Crippen molar-refractivity contribution in [2.75, 3.05) is 18.5 Å². The van der Waals surface area contributed by atoms with Crippen LogP contribution in [0, 0.1) is 6.92 Å². The van der Waals surface area contributed by atoms with Crippen LogP contribution in [0.15, 0.2) is 31.0 Å². The topological polar surface area (TPSA) is 47.0 Å². The van der Waals surface area contributed by atoms with E-state index in [9.17, 15) is 0 Å². The zero-order valence-corrected chi connectivity index (χ0v) is 15.8. The largest absolute Gasteiger partial charge is 0.488 e. The van der Waals surface area contributed by atoms with Gasteiger partial charge in [0, 0.05) is 11.6 Å². The molecule has 0 aliphatic rings. The maximum atomic E-state index is 6.27. The number of nitrogens with one attached hydrogen (secondary N) is 1. The summed E-state index contributed by atoms with van der Waals surface area (Å²) in [6.45, 7) is 9.36. The zero-order valence-electron chi connectivity index (χ0n) is 15.0. The lowest BCUT2D eigenvalue weighted by atomic mass is 10.1. The molecule has 1 N–H and O–H groups in total. The number of benzene rings is 1. The van der Waals surface area contributed by atoms with Gasteiger partial charge in [-0.2, -0.15) is 0 Å². The monoisotopic (exact) mass is 359 g/mol. The Hall–Kier alpha value is -2.07. The number of hydrogen-bond acceptors (Lipinski definition) is 4. The zero-order chi connectivity index (χ0) is 18.1. The minimum absolute atomic E-state index is 0.587. The Labute approximate surface area is 155 Å². The van der Waals surface area contributed by atoms with Gasteiger partial charge < -0.3 is 10.1 Å². The van der Waals surface area contributed by atoms with Crippen molar-refractivity contribution >= 4 is 23.5 Å². The van der Waals surface area contributed by atoms with E-state index in [1.54, 1.807) is 12.3 Å². The van der Waals surface area contributed by atoms with Crippen LogP contribution in [0.2, 0.25) is 5.02 Å². The predicted octanol–water partition coefficient (Wildman–Crippen LogP) is 5.31. The van der Waals surface area contributed by atoms with Crippen LogP contribution in [-0.4, -0.2) is 23.1 Å². The maximum absolute atomic E-state index is 6.27. The number of halogens is 1. The van der Waals surface area contributed by atoms with Gasteiger partial charge in [0.15, 0.2) is 17.4 Å². The first-order valence-electron chi connectivity index (χ1n) is 8.75. The lowest BCUT2D eigenvalue weighted by Gasteiger charge is -2.12. The van der Waals surface area contributed by atoms with Gasteiger partial charge in [-0.15, -0.1) is 0 Å². The van der Waals surface area contributed by atoms with Crippen molar-refractivity contribution < 1.29 is 4.74 Å². The minimum Gasteiger partial charge on any atom is -0.488 e. The fourth-order valence-electron chi connectivity index (χ4n) is 2.40. The SMILES string of the molecule is C=Cc1ncc(OCCCc2ccc(C)cc2Cl)c(NCCCC)n1. The Bertz CT molecular complexity index is 703. The lowest BCUT2D eigenvalue weighted by molar-refractivity contribution is 0.310. The summed E-state index contributed by atoms with van der Waals surface area (Å²) in [6, 6.07) is 6.16. The molecule has 5 heteroatoms. The van der Waals surface area contributed by atoms with Crippen molar-refractivity contribution in [2.45, 2.75) is 39.5 Å². The average Bonchev–Trinajstić information content (AvgIpc) is 2.61. The molecule has 1 aromatic heterocycles. The number of rotatable bonds is 10. The van der Waals surface area contributed by atoms with Gasteiger partial charge in [-0.05, 0) is 49.5 Å². The van der Waals surface area contributed by atoms with E-state index < -0.39 is 0 Å². The highest BCUT2D eigenvalue weighted by atomic mass is 35.5. The van der Waals surface area contributed by atoms with Gasteiger partial charge in [0.25, 0.3) is 0 Å². The van der Waals surface area contributed by atoms with E-state index >= 15 is 0 Å². The van der Waals surface area contributed by atoms with E-state index in [-0.39, 0.29) is 0 Å². The number of hydrogen-bond donors (Lipinski definition) is 1. The summed E-state index contributed by atoms with van der Waals surface area (Å²) in [6.07, 6.45) is 7.30. The van der Waals surface area contributed by atoms with Crippen molar-refractivity contribution in [3.05, 3.63) is 52.9 Å². The molecule has 0 amide bonds. The van der Waals surface area contributed by atoms with Crippen molar-refractivity contribution in [1.82, 2.24) is 9.97 Å². The number of aromatic nitrogens is 2. The Balaban J connectivity index is 1.91. The van der Waals surface area contributed by atoms with E-state index in [1.807, 2.05) is 13.0 Å². The van der Waals surface area contributed by atoms with E-state index in [0.29, 0.717) is 18.2 Å². The summed E-state index contributed by atoms with van der Waals surface area (Å²) in [5, 5.41) is 4.14. The molecule has 2 aromatic rings. The van der Waals surface area contributed by atoms with Gasteiger partial charge in [-0.3, -0.25) is 0 Å². The van der Waals surface area contributed by atoms with Crippen LogP contribution in [0.4, 0.5) is 5.82 Å². The van der Waals surface area contributed by atoms with Gasteiger partial charge in [0.05, 0.1) is 12.8 Å². The first kappa shape index (κ1) is 19.3. The number of ether oxygens (including phenoxy) is 1. The molecule has 134 valence electrons. The summed E-state index contributed by atoms with van der Waals surface area (Å²) >= 11 is 6.27. The van der Waals surface area contributed by atoms with Crippen LogP contribution in [0.1, 0.15) is 43.1 Å². The predicted molar refractivity (Wildman–Crippen MR) is 106 cm³/mol. The molecular weight excluding hydrogens is 334 g/mol. The average molecular weight is 360 g/mol. The maximum Gasteiger partial charge on any atom is 0.179 e. The molecule has 0 atom stereocenters. The van der Waals surface area contributed by atoms with Crippen LogP contribution >= 0.6 is 11.6 Å². The second kappa shape index (κ2) is 10.0. The highest BCUT2D eigenvalue weighted by molar-refractivity contribution is 6.31. The van der Waals surface area contributed by atoms with Gasteiger partial charge >= 0.3 is 0 Å². The molecule has 0 radical (unpaired) electrons. The van der Waals surface area contributed by atoms with Crippen LogP contribution in [-0.2, 0) is 6.42 Å². The third-order valence-electron chi connectivity index (χ3n) is 3.84. The highest BCUT2D eigenvalue weighted by Gasteiger charge is 2.08. The second-order valence-corrected chi connectivity index (χ2v) is 6.38. The van der Waals surface area contributed by atoms with Gasteiger partial charge in [0.1, 0.15) is 0 Å². The summed E-state index contributed by atoms with van der Waals surface area (Å²) < 4.78 is 5.89. The fraction of sp³-hybridized carbons (Fsp3) is 0.400. The molecule has 0 aliphatic heterocycles.